The largest absolute Gasteiger partial charge is 0.379 e. The monoisotopic (exact) mass is 263 g/mol. The van der Waals surface area contributed by atoms with E-state index in [1.54, 1.807) is 18.2 Å². The van der Waals surface area contributed by atoms with E-state index < -0.39 is 10.1 Å². The molecule has 0 radical (unpaired) electrons. The van der Waals surface area contributed by atoms with Crippen LogP contribution in [0, 0.1) is 13.8 Å². The Hall–Kier alpha value is -1.88. The van der Waals surface area contributed by atoms with Gasteiger partial charge in [0.05, 0.1) is 0 Å². The molecular weight excluding hydrogens is 250 g/mol. The third-order valence-electron chi connectivity index (χ3n) is 2.68. The number of aromatic nitrogens is 1. The molecule has 4 nitrogen and oxygen atoms in total. The van der Waals surface area contributed by atoms with E-state index in [2.05, 4.69) is 4.98 Å². The molecule has 0 fully saturated rings. The molecule has 94 valence electrons. The van der Waals surface area contributed by atoms with E-state index in [-0.39, 0.29) is 4.90 Å². The van der Waals surface area contributed by atoms with Gasteiger partial charge >= 0.3 is 10.1 Å². The molecule has 0 bridgehead atoms. The molecule has 0 unspecified atom stereocenters. The Labute approximate surface area is 106 Å². The lowest BCUT2D eigenvalue weighted by Crippen LogP contribution is -2.10. The molecule has 0 aliphatic heterocycles. The minimum atomic E-state index is -3.82. The topological polar surface area (TPSA) is 56.3 Å². The standard InChI is InChI=1S/C13H13NO3S/c1-10-5-3-7-13(11(10)2)17-18(15,16)12-6-4-8-14-9-12/h3-9H,1-2H3. The highest BCUT2D eigenvalue weighted by Gasteiger charge is 2.17. The van der Waals surface area contributed by atoms with Crippen LogP contribution in [0.4, 0.5) is 0 Å². The molecule has 0 N–H and O–H groups in total. The van der Waals surface area contributed by atoms with Gasteiger partial charge in [-0.3, -0.25) is 4.98 Å². The summed E-state index contributed by atoms with van der Waals surface area (Å²) in [6.45, 7) is 3.72. The summed E-state index contributed by atoms with van der Waals surface area (Å²) in [5, 5.41) is 0. The minimum absolute atomic E-state index is 0.0471. The van der Waals surface area contributed by atoms with Gasteiger partial charge in [-0.15, -0.1) is 0 Å². The zero-order chi connectivity index (χ0) is 13.2. The first-order valence-corrected chi connectivity index (χ1v) is 6.82. The van der Waals surface area contributed by atoms with Gasteiger partial charge in [-0.05, 0) is 43.2 Å². The molecule has 0 spiro atoms. The summed E-state index contributed by atoms with van der Waals surface area (Å²) in [6.07, 6.45) is 2.78. The van der Waals surface area contributed by atoms with Crippen LogP contribution in [0.1, 0.15) is 11.1 Å². The first-order valence-electron chi connectivity index (χ1n) is 5.41. The van der Waals surface area contributed by atoms with Gasteiger partial charge < -0.3 is 4.18 Å². The molecule has 1 aromatic heterocycles. The number of hydrogen-bond acceptors (Lipinski definition) is 4. The van der Waals surface area contributed by atoms with Crippen molar-refractivity contribution >= 4 is 10.1 Å². The number of rotatable bonds is 3. The van der Waals surface area contributed by atoms with E-state index in [1.165, 1.54) is 18.5 Å². The number of hydrogen-bond donors (Lipinski definition) is 0. The van der Waals surface area contributed by atoms with Gasteiger partial charge in [0.2, 0.25) is 0 Å². The second kappa shape index (κ2) is 4.78. The van der Waals surface area contributed by atoms with Crippen molar-refractivity contribution in [3.8, 4) is 5.75 Å². The zero-order valence-corrected chi connectivity index (χ0v) is 10.9. The van der Waals surface area contributed by atoms with Crippen LogP contribution in [0.5, 0.6) is 5.75 Å². The van der Waals surface area contributed by atoms with E-state index in [0.717, 1.165) is 11.1 Å². The molecule has 1 heterocycles. The summed E-state index contributed by atoms with van der Waals surface area (Å²) >= 11 is 0. The van der Waals surface area contributed by atoms with Gasteiger partial charge in [-0.2, -0.15) is 8.42 Å². The Bertz CT molecular complexity index is 651. The fourth-order valence-electron chi connectivity index (χ4n) is 1.48. The van der Waals surface area contributed by atoms with Crippen molar-refractivity contribution in [1.82, 2.24) is 4.98 Å². The van der Waals surface area contributed by atoms with Gasteiger partial charge in [-0.25, -0.2) is 0 Å². The molecule has 0 aliphatic rings. The highest BCUT2D eigenvalue weighted by Crippen LogP contribution is 2.24. The molecule has 0 aliphatic carbocycles. The third kappa shape index (κ3) is 2.51. The highest BCUT2D eigenvalue weighted by molar-refractivity contribution is 7.87. The Balaban J connectivity index is 2.37. The van der Waals surface area contributed by atoms with Crippen LogP contribution in [0.2, 0.25) is 0 Å². The number of aryl methyl sites for hydroxylation is 1. The molecular formula is C13H13NO3S. The quantitative estimate of drug-likeness (QED) is 0.798. The third-order valence-corrected chi connectivity index (χ3v) is 3.90. The van der Waals surface area contributed by atoms with Crippen LogP contribution in [-0.4, -0.2) is 13.4 Å². The van der Waals surface area contributed by atoms with Crippen molar-refractivity contribution in [2.45, 2.75) is 18.7 Å². The predicted octanol–water partition coefficient (Wildman–Crippen LogP) is 2.47. The number of pyridine rings is 1. The van der Waals surface area contributed by atoms with Crippen molar-refractivity contribution in [3.05, 3.63) is 53.9 Å². The Morgan fingerprint density at radius 2 is 1.89 bits per heavy atom. The molecule has 2 rings (SSSR count). The van der Waals surface area contributed by atoms with E-state index in [1.807, 2.05) is 19.9 Å². The summed E-state index contributed by atoms with van der Waals surface area (Å²) in [5.41, 5.74) is 1.79. The Morgan fingerprint density at radius 1 is 1.11 bits per heavy atom. The van der Waals surface area contributed by atoms with Crippen molar-refractivity contribution < 1.29 is 12.6 Å². The van der Waals surface area contributed by atoms with Crippen molar-refractivity contribution in [1.29, 1.82) is 0 Å². The molecule has 0 atom stereocenters. The van der Waals surface area contributed by atoms with Gasteiger partial charge in [0.25, 0.3) is 0 Å². The Kier molecular flexibility index (Phi) is 3.34. The predicted molar refractivity (Wildman–Crippen MR) is 68.0 cm³/mol. The van der Waals surface area contributed by atoms with Crippen LogP contribution in [0.15, 0.2) is 47.6 Å². The van der Waals surface area contributed by atoms with Crippen molar-refractivity contribution in [2.24, 2.45) is 0 Å². The van der Waals surface area contributed by atoms with Gasteiger partial charge in [-0.1, -0.05) is 12.1 Å². The molecule has 18 heavy (non-hydrogen) atoms. The maximum Gasteiger partial charge on any atom is 0.340 e. The second-order valence-electron chi connectivity index (χ2n) is 3.92. The fraction of sp³-hybridized carbons (Fsp3) is 0.154. The van der Waals surface area contributed by atoms with E-state index in [4.69, 9.17) is 4.18 Å². The maximum atomic E-state index is 12.0. The zero-order valence-electron chi connectivity index (χ0n) is 10.1. The van der Waals surface area contributed by atoms with Crippen LogP contribution >= 0.6 is 0 Å². The molecule has 0 saturated carbocycles. The number of benzene rings is 1. The van der Waals surface area contributed by atoms with Crippen LogP contribution in [-0.2, 0) is 10.1 Å². The van der Waals surface area contributed by atoms with E-state index in [9.17, 15) is 8.42 Å². The summed E-state index contributed by atoms with van der Waals surface area (Å²) in [6, 6.07) is 8.30. The smallest absolute Gasteiger partial charge is 0.340 e. The molecule has 5 heteroatoms. The molecule has 0 saturated heterocycles. The lowest BCUT2D eigenvalue weighted by atomic mass is 10.1. The van der Waals surface area contributed by atoms with Crippen LogP contribution < -0.4 is 4.18 Å². The maximum absolute atomic E-state index is 12.0. The summed E-state index contributed by atoms with van der Waals surface area (Å²) in [5.74, 6) is 0.346. The van der Waals surface area contributed by atoms with Gasteiger partial charge in [0, 0.05) is 12.4 Å². The SMILES string of the molecule is Cc1cccc(OS(=O)(=O)c2cccnc2)c1C. The van der Waals surface area contributed by atoms with E-state index in [0.29, 0.717) is 5.75 Å². The summed E-state index contributed by atoms with van der Waals surface area (Å²) < 4.78 is 29.1. The molecule has 2 aromatic rings. The number of nitrogens with zero attached hydrogens (tertiary/aromatic N) is 1. The van der Waals surface area contributed by atoms with Gasteiger partial charge in [0.15, 0.2) is 0 Å². The fourth-order valence-corrected chi connectivity index (χ4v) is 2.42. The van der Waals surface area contributed by atoms with Crippen LogP contribution in [0.25, 0.3) is 0 Å². The van der Waals surface area contributed by atoms with E-state index >= 15 is 0 Å². The van der Waals surface area contributed by atoms with Gasteiger partial charge in [0.1, 0.15) is 10.6 Å². The van der Waals surface area contributed by atoms with Crippen molar-refractivity contribution in [2.75, 3.05) is 0 Å². The average molecular weight is 263 g/mol. The first-order chi connectivity index (χ1) is 8.50. The second-order valence-corrected chi connectivity index (χ2v) is 5.47. The Morgan fingerprint density at radius 3 is 2.56 bits per heavy atom. The summed E-state index contributed by atoms with van der Waals surface area (Å²) in [7, 11) is -3.82. The van der Waals surface area contributed by atoms with Crippen LogP contribution in [0.3, 0.4) is 0 Å². The molecule has 0 amide bonds. The highest BCUT2D eigenvalue weighted by atomic mass is 32.2. The lowest BCUT2D eigenvalue weighted by Gasteiger charge is -2.10. The molecule has 1 aromatic carbocycles. The normalized spacial score (nSPS) is 11.2. The lowest BCUT2D eigenvalue weighted by molar-refractivity contribution is 0.483. The van der Waals surface area contributed by atoms with Crippen molar-refractivity contribution in [3.63, 3.8) is 0 Å². The first kappa shape index (κ1) is 12.6. The summed E-state index contributed by atoms with van der Waals surface area (Å²) in [4.78, 5) is 3.82. The minimum Gasteiger partial charge on any atom is -0.379 e. The average Bonchev–Trinajstić information content (AvgIpc) is 2.36.